The Bertz CT molecular complexity index is 459. The van der Waals surface area contributed by atoms with E-state index in [1.807, 2.05) is 0 Å². The van der Waals surface area contributed by atoms with E-state index in [4.69, 9.17) is 16.7 Å². The molecule has 2 N–H and O–H groups in total. The predicted octanol–water partition coefficient (Wildman–Crippen LogP) is 1.26. The van der Waals surface area contributed by atoms with Gasteiger partial charge in [0.1, 0.15) is 5.75 Å². The van der Waals surface area contributed by atoms with Crippen LogP contribution in [0.25, 0.3) is 0 Å². The van der Waals surface area contributed by atoms with Gasteiger partial charge in [-0.1, -0.05) is 11.6 Å². The molecule has 0 aliphatic rings. The molecule has 5 nitrogen and oxygen atoms in total. The molecule has 15 heavy (non-hydrogen) atoms. The lowest BCUT2D eigenvalue weighted by atomic mass is 10.3. The fourth-order valence-corrected chi connectivity index (χ4v) is 1.60. The van der Waals surface area contributed by atoms with E-state index in [0.29, 0.717) is 5.69 Å². The van der Waals surface area contributed by atoms with Crippen LogP contribution in [0.4, 0.5) is 5.69 Å². The van der Waals surface area contributed by atoms with Gasteiger partial charge in [0, 0.05) is 14.1 Å². The Morgan fingerprint density at radius 3 is 2.47 bits per heavy atom. The molecule has 0 fully saturated rings. The first-order valence-electron chi connectivity index (χ1n) is 4.02. The van der Waals surface area contributed by atoms with Gasteiger partial charge in [-0.3, -0.25) is 4.72 Å². The Kier molecular flexibility index (Phi) is 3.43. The van der Waals surface area contributed by atoms with E-state index >= 15 is 0 Å². The quantitative estimate of drug-likeness (QED) is 0.794. The Morgan fingerprint density at radius 2 is 2.00 bits per heavy atom. The first-order valence-corrected chi connectivity index (χ1v) is 5.83. The van der Waals surface area contributed by atoms with Crippen LogP contribution in [-0.4, -0.2) is 31.9 Å². The van der Waals surface area contributed by atoms with Crippen molar-refractivity contribution < 1.29 is 13.5 Å². The van der Waals surface area contributed by atoms with Gasteiger partial charge in [-0.05, 0) is 18.2 Å². The zero-order chi connectivity index (χ0) is 11.6. The van der Waals surface area contributed by atoms with Gasteiger partial charge in [0.15, 0.2) is 0 Å². The number of phenols is 1. The Labute approximate surface area is 93.5 Å². The highest BCUT2D eigenvalue weighted by molar-refractivity contribution is 7.90. The molecule has 0 saturated heterocycles. The number of halogens is 1. The lowest BCUT2D eigenvalue weighted by Crippen LogP contribution is -2.28. The highest BCUT2D eigenvalue weighted by Gasteiger charge is 2.13. The zero-order valence-electron chi connectivity index (χ0n) is 8.23. The largest absolute Gasteiger partial charge is 0.506 e. The van der Waals surface area contributed by atoms with Crippen molar-refractivity contribution >= 4 is 27.5 Å². The van der Waals surface area contributed by atoms with Gasteiger partial charge in [0.25, 0.3) is 0 Å². The van der Waals surface area contributed by atoms with Gasteiger partial charge in [-0.15, -0.1) is 0 Å². The molecular weight excluding hydrogens is 240 g/mol. The van der Waals surface area contributed by atoms with Gasteiger partial charge in [-0.25, -0.2) is 0 Å². The van der Waals surface area contributed by atoms with Crippen molar-refractivity contribution in [2.24, 2.45) is 0 Å². The van der Waals surface area contributed by atoms with Crippen LogP contribution in [0.5, 0.6) is 5.75 Å². The molecule has 84 valence electrons. The Hall–Kier alpha value is -0.980. The first kappa shape index (κ1) is 12.1. The van der Waals surface area contributed by atoms with Crippen molar-refractivity contribution in [3.8, 4) is 5.75 Å². The minimum Gasteiger partial charge on any atom is -0.506 e. The highest BCUT2D eigenvalue weighted by Crippen LogP contribution is 2.26. The predicted molar refractivity (Wildman–Crippen MR) is 59.3 cm³/mol. The van der Waals surface area contributed by atoms with Crippen LogP contribution >= 0.6 is 11.6 Å². The summed E-state index contributed by atoms with van der Waals surface area (Å²) in [7, 11) is -0.724. The van der Waals surface area contributed by atoms with Crippen molar-refractivity contribution in [2.75, 3.05) is 18.8 Å². The summed E-state index contributed by atoms with van der Waals surface area (Å²) in [5.74, 6) is -0.0931. The molecule has 0 atom stereocenters. The van der Waals surface area contributed by atoms with Crippen molar-refractivity contribution in [3.63, 3.8) is 0 Å². The van der Waals surface area contributed by atoms with Crippen LogP contribution in [0.1, 0.15) is 0 Å². The molecule has 0 bridgehead atoms. The van der Waals surface area contributed by atoms with E-state index in [2.05, 4.69) is 4.72 Å². The third kappa shape index (κ3) is 2.98. The third-order valence-electron chi connectivity index (χ3n) is 1.68. The van der Waals surface area contributed by atoms with Crippen molar-refractivity contribution in [2.45, 2.75) is 0 Å². The summed E-state index contributed by atoms with van der Waals surface area (Å²) in [6.07, 6.45) is 0. The molecule has 0 unspecified atom stereocenters. The number of nitrogens with zero attached hydrogens (tertiary/aromatic N) is 1. The van der Waals surface area contributed by atoms with E-state index in [1.54, 1.807) is 0 Å². The Morgan fingerprint density at radius 1 is 1.40 bits per heavy atom. The third-order valence-corrected chi connectivity index (χ3v) is 3.43. The van der Waals surface area contributed by atoms with Gasteiger partial charge >= 0.3 is 10.2 Å². The fourth-order valence-electron chi connectivity index (χ4n) is 0.811. The molecule has 1 aromatic rings. The van der Waals surface area contributed by atoms with Crippen molar-refractivity contribution in [3.05, 3.63) is 23.2 Å². The molecule has 1 aromatic carbocycles. The van der Waals surface area contributed by atoms with Crippen LogP contribution in [-0.2, 0) is 10.2 Å². The highest BCUT2D eigenvalue weighted by atomic mass is 35.5. The maximum atomic E-state index is 11.4. The molecule has 0 radical (unpaired) electrons. The average Bonchev–Trinajstić information content (AvgIpc) is 2.10. The van der Waals surface area contributed by atoms with Gasteiger partial charge in [0.2, 0.25) is 0 Å². The maximum Gasteiger partial charge on any atom is 0.301 e. The van der Waals surface area contributed by atoms with Gasteiger partial charge in [-0.2, -0.15) is 12.7 Å². The molecule has 0 saturated carbocycles. The SMILES string of the molecule is CN(C)S(=O)(=O)Nc1ccc(O)c(Cl)c1. The number of hydrogen-bond acceptors (Lipinski definition) is 3. The smallest absolute Gasteiger partial charge is 0.301 e. The minimum atomic E-state index is -3.54. The lowest BCUT2D eigenvalue weighted by Gasteiger charge is -2.13. The second-order valence-corrected chi connectivity index (χ2v) is 5.35. The summed E-state index contributed by atoms with van der Waals surface area (Å²) in [5.41, 5.74) is 0.298. The summed E-state index contributed by atoms with van der Waals surface area (Å²) in [6.45, 7) is 0. The van der Waals surface area contributed by atoms with Crippen LogP contribution in [0.3, 0.4) is 0 Å². The molecule has 0 aliphatic heterocycles. The normalized spacial score (nSPS) is 11.7. The molecule has 0 aliphatic carbocycles. The van der Waals surface area contributed by atoms with Crippen LogP contribution in [0.2, 0.25) is 5.02 Å². The number of aromatic hydroxyl groups is 1. The molecule has 0 aromatic heterocycles. The number of rotatable bonds is 3. The number of nitrogens with one attached hydrogen (secondary N) is 1. The molecular formula is C8H11ClN2O3S. The number of anilines is 1. The maximum absolute atomic E-state index is 11.4. The molecule has 0 spiro atoms. The summed E-state index contributed by atoms with van der Waals surface area (Å²) in [6, 6.07) is 4.07. The van der Waals surface area contributed by atoms with Crippen LogP contribution < -0.4 is 4.72 Å². The van der Waals surface area contributed by atoms with Crippen LogP contribution in [0.15, 0.2) is 18.2 Å². The summed E-state index contributed by atoms with van der Waals surface area (Å²) < 4.78 is 26.1. The second kappa shape index (κ2) is 4.26. The molecule has 7 heteroatoms. The molecule has 1 rings (SSSR count). The molecule has 0 amide bonds. The van der Waals surface area contributed by atoms with Crippen molar-refractivity contribution in [1.29, 1.82) is 0 Å². The molecule has 0 heterocycles. The topological polar surface area (TPSA) is 69.6 Å². The van der Waals surface area contributed by atoms with Crippen molar-refractivity contribution in [1.82, 2.24) is 4.31 Å². The number of hydrogen-bond donors (Lipinski definition) is 2. The summed E-state index contributed by atoms with van der Waals surface area (Å²) in [5, 5.41) is 9.22. The van der Waals surface area contributed by atoms with E-state index in [1.165, 1.54) is 32.3 Å². The monoisotopic (exact) mass is 250 g/mol. The Balaban J connectivity index is 2.96. The zero-order valence-corrected chi connectivity index (χ0v) is 9.80. The van der Waals surface area contributed by atoms with Gasteiger partial charge in [0.05, 0.1) is 10.7 Å². The lowest BCUT2D eigenvalue weighted by molar-refractivity contribution is 0.475. The number of phenolic OH excluding ortho intramolecular Hbond substituents is 1. The van der Waals surface area contributed by atoms with E-state index in [0.717, 1.165) is 4.31 Å². The van der Waals surface area contributed by atoms with Gasteiger partial charge < -0.3 is 5.11 Å². The standard InChI is InChI=1S/C8H11ClN2O3S/c1-11(2)15(13,14)10-6-3-4-8(12)7(9)5-6/h3-5,10,12H,1-2H3. The average molecular weight is 251 g/mol. The first-order chi connectivity index (χ1) is 6.83. The van der Waals surface area contributed by atoms with Crippen LogP contribution in [0, 0.1) is 0 Å². The van der Waals surface area contributed by atoms with E-state index in [9.17, 15) is 8.42 Å². The number of benzene rings is 1. The fraction of sp³-hybridized carbons (Fsp3) is 0.250. The summed E-state index contributed by atoms with van der Waals surface area (Å²) >= 11 is 5.62. The minimum absolute atomic E-state index is 0.0916. The van der Waals surface area contributed by atoms with E-state index in [-0.39, 0.29) is 10.8 Å². The van der Waals surface area contributed by atoms with E-state index < -0.39 is 10.2 Å². The summed E-state index contributed by atoms with van der Waals surface area (Å²) in [4.78, 5) is 0. The second-order valence-electron chi connectivity index (χ2n) is 3.06.